The molecule has 1 amide bonds. The maximum absolute atomic E-state index is 13.4. The first-order chi connectivity index (χ1) is 16.6. The number of fused-ring (bicyclic) bond motifs is 1. The summed E-state index contributed by atoms with van der Waals surface area (Å²) in [5.74, 6) is -0.891. The lowest BCUT2D eigenvalue weighted by Crippen LogP contribution is -2.35. The number of halogens is 4. The van der Waals surface area contributed by atoms with Crippen molar-refractivity contribution in [2.45, 2.75) is 17.8 Å². The smallest absolute Gasteiger partial charge is 0.417 e. The lowest BCUT2D eigenvalue weighted by molar-refractivity contribution is -0.137. The van der Waals surface area contributed by atoms with E-state index in [1.54, 1.807) is 12.1 Å². The molecule has 3 aromatic heterocycles. The molecule has 1 aromatic carbocycles. The summed E-state index contributed by atoms with van der Waals surface area (Å²) >= 11 is 0. The minimum atomic E-state index is -4.47. The van der Waals surface area contributed by atoms with Gasteiger partial charge < -0.3 is 9.73 Å². The lowest BCUT2D eigenvalue weighted by atomic mass is 10.1. The van der Waals surface area contributed by atoms with Crippen molar-refractivity contribution < 1.29 is 31.0 Å². The Labute approximate surface area is 199 Å². The van der Waals surface area contributed by atoms with Gasteiger partial charge in [-0.25, -0.2) is 12.9 Å². The van der Waals surface area contributed by atoms with E-state index in [0.29, 0.717) is 27.9 Å². The molecule has 182 valence electrons. The maximum Gasteiger partial charge on any atom is 0.417 e. The standard InChI is InChI=1S/C23H18F4N4O3S/c1-31(35(33)22-10-15-8-17(24)3-5-20(15)34-22)13-21(32)30-12-18-9-14(6-7-28-18)19-4-2-16(11-29-19)23(25,26)27/h2-11H,12-13H2,1H3,(H,30,32). The lowest BCUT2D eigenvalue weighted by Gasteiger charge is -2.14. The highest BCUT2D eigenvalue weighted by atomic mass is 32.2. The van der Waals surface area contributed by atoms with Gasteiger partial charge in [0.1, 0.15) is 11.4 Å². The first kappa shape index (κ1) is 24.5. The van der Waals surface area contributed by atoms with Crippen LogP contribution in [0, 0.1) is 5.82 Å². The van der Waals surface area contributed by atoms with Crippen LogP contribution in [0.15, 0.2) is 70.4 Å². The van der Waals surface area contributed by atoms with Crippen LogP contribution in [0.2, 0.25) is 0 Å². The molecule has 4 aromatic rings. The van der Waals surface area contributed by atoms with Crippen LogP contribution in [0.5, 0.6) is 0 Å². The molecule has 1 unspecified atom stereocenters. The minimum Gasteiger partial charge on any atom is -0.446 e. The van der Waals surface area contributed by atoms with E-state index >= 15 is 0 Å². The number of rotatable bonds is 7. The largest absolute Gasteiger partial charge is 0.446 e. The van der Waals surface area contributed by atoms with Crippen LogP contribution in [0.3, 0.4) is 0 Å². The number of carbonyl (C=O) groups is 1. The van der Waals surface area contributed by atoms with Crippen molar-refractivity contribution >= 4 is 27.9 Å². The number of furan rings is 1. The van der Waals surface area contributed by atoms with Crippen molar-refractivity contribution in [3.05, 3.63) is 78.0 Å². The molecule has 0 aliphatic rings. The fraction of sp³-hybridized carbons (Fsp3) is 0.174. The van der Waals surface area contributed by atoms with Crippen molar-refractivity contribution in [3.63, 3.8) is 0 Å². The van der Waals surface area contributed by atoms with Gasteiger partial charge in [-0.1, -0.05) is 0 Å². The SMILES string of the molecule is CN(CC(=O)NCc1cc(-c2ccc(C(F)(F)F)cn2)ccn1)S(=O)c1cc2cc(F)ccc2o1. The van der Waals surface area contributed by atoms with Crippen molar-refractivity contribution in [1.82, 2.24) is 19.6 Å². The second-order valence-corrected chi connectivity index (χ2v) is 9.05. The normalized spacial score (nSPS) is 12.7. The van der Waals surface area contributed by atoms with Crippen molar-refractivity contribution in [2.75, 3.05) is 13.6 Å². The molecular formula is C23H18F4N4O3S. The van der Waals surface area contributed by atoms with Gasteiger partial charge in [0, 0.05) is 36.5 Å². The average molecular weight is 506 g/mol. The quantitative estimate of drug-likeness (QED) is 0.377. The van der Waals surface area contributed by atoms with E-state index in [2.05, 4.69) is 15.3 Å². The first-order valence-corrected chi connectivity index (χ1v) is 11.3. The molecule has 3 heterocycles. The van der Waals surface area contributed by atoms with Crippen LogP contribution in [0.1, 0.15) is 11.3 Å². The summed E-state index contributed by atoms with van der Waals surface area (Å²) in [5.41, 5.74) is 0.854. The van der Waals surface area contributed by atoms with E-state index in [-0.39, 0.29) is 18.2 Å². The number of amides is 1. The maximum atomic E-state index is 13.4. The third-order valence-electron chi connectivity index (χ3n) is 4.95. The van der Waals surface area contributed by atoms with E-state index < -0.39 is 34.4 Å². The molecule has 35 heavy (non-hydrogen) atoms. The molecule has 1 atom stereocenters. The molecule has 0 spiro atoms. The van der Waals surface area contributed by atoms with Crippen LogP contribution < -0.4 is 5.32 Å². The zero-order valence-corrected chi connectivity index (χ0v) is 19.0. The molecule has 0 bridgehead atoms. The Kier molecular flexibility index (Phi) is 6.94. The highest BCUT2D eigenvalue weighted by molar-refractivity contribution is 7.82. The first-order valence-electron chi connectivity index (χ1n) is 10.2. The molecule has 7 nitrogen and oxygen atoms in total. The molecule has 1 N–H and O–H groups in total. The number of alkyl halides is 3. The molecule has 12 heteroatoms. The number of nitrogens with zero attached hydrogens (tertiary/aromatic N) is 3. The predicted octanol–water partition coefficient (Wildman–Crippen LogP) is 4.32. The fourth-order valence-electron chi connectivity index (χ4n) is 3.20. The molecule has 0 saturated heterocycles. The van der Waals surface area contributed by atoms with Crippen LogP contribution in [0.25, 0.3) is 22.2 Å². The molecule has 0 saturated carbocycles. The van der Waals surface area contributed by atoms with E-state index in [4.69, 9.17) is 4.42 Å². The zero-order chi connectivity index (χ0) is 25.2. The average Bonchev–Trinajstić information content (AvgIpc) is 3.25. The van der Waals surface area contributed by atoms with Gasteiger partial charge in [0.25, 0.3) is 0 Å². The summed E-state index contributed by atoms with van der Waals surface area (Å²) in [7, 11) is -0.323. The van der Waals surface area contributed by atoms with Gasteiger partial charge >= 0.3 is 6.18 Å². The topological polar surface area (TPSA) is 88.3 Å². The molecule has 0 aliphatic heterocycles. The van der Waals surface area contributed by atoms with Gasteiger partial charge in [-0.3, -0.25) is 14.8 Å². The number of aromatic nitrogens is 2. The monoisotopic (exact) mass is 506 g/mol. The van der Waals surface area contributed by atoms with Crippen LogP contribution in [0.4, 0.5) is 17.6 Å². The number of pyridine rings is 2. The Hall–Kier alpha value is -3.64. The number of benzene rings is 1. The van der Waals surface area contributed by atoms with Crippen LogP contribution in [-0.4, -0.2) is 38.0 Å². The Balaban J connectivity index is 1.35. The molecule has 0 fully saturated rings. The van der Waals surface area contributed by atoms with E-state index in [9.17, 15) is 26.6 Å². The third kappa shape index (κ3) is 5.89. The van der Waals surface area contributed by atoms with Gasteiger partial charge in [0.2, 0.25) is 11.0 Å². The van der Waals surface area contributed by atoms with Crippen LogP contribution >= 0.6 is 0 Å². The summed E-state index contributed by atoms with van der Waals surface area (Å²) < 4.78 is 71.0. The zero-order valence-electron chi connectivity index (χ0n) is 18.2. The highest BCUT2D eigenvalue weighted by Gasteiger charge is 2.30. The molecule has 4 rings (SSSR count). The molecule has 0 radical (unpaired) electrons. The Morgan fingerprint density at radius 2 is 1.91 bits per heavy atom. The minimum absolute atomic E-state index is 0.0394. The predicted molar refractivity (Wildman–Crippen MR) is 120 cm³/mol. The summed E-state index contributed by atoms with van der Waals surface area (Å²) in [6.07, 6.45) is -2.26. The van der Waals surface area contributed by atoms with Crippen molar-refractivity contribution in [3.8, 4) is 11.3 Å². The molecule has 0 aliphatic carbocycles. The van der Waals surface area contributed by atoms with Crippen LogP contribution in [-0.2, 0) is 28.5 Å². The van der Waals surface area contributed by atoms with Gasteiger partial charge in [-0.05, 0) is 42.5 Å². The number of hydrogen-bond acceptors (Lipinski definition) is 5. The second-order valence-electron chi connectivity index (χ2n) is 7.53. The fourth-order valence-corrected chi connectivity index (χ4v) is 4.13. The molecular weight excluding hydrogens is 488 g/mol. The third-order valence-corrected chi connectivity index (χ3v) is 6.19. The number of likely N-dealkylation sites (N-methyl/N-ethyl adjacent to an activating group) is 1. The second kappa shape index (κ2) is 9.92. The van der Waals surface area contributed by atoms with E-state index in [0.717, 1.165) is 12.3 Å². The van der Waals surface area contributed by atoms with Crippen molar-refractivity contribution in [2.24, 2.45) is 0 Å². The summed E-state index contributed by atoms with van der Waals surface area (Å²) in [6.45, 7) is -0.185. The van der Waals surface area contributed by atoms with Crippen molar-refractivity contribution in [1.29, 1.82) is 0 Å². The Morgan fingerprint density at radius 1 is 1.11 bits per heavy atom. The number of nitrogens with one attached hydrogen (secondary N) is 1. The number of hydrogen-bond donors (Lipinski definition) is 1. The Morgan fingerprint density at radius 3 is 2.63 bits per heavy atom. The summed E-state index contributed by atoms with van der Waals surface area (Å²) in [6, 6.07) is 10.8. The van der Waals surface area contributed by atoms with Gasteiger partial charge in [-0.15, -0.1) is 0 Å². The van der Waals surface area contributed by atoms with Gasteiger partial charge in [0.05, 0.1) is 30.0 Å². The van der Waals surface area contributed by atoms with Gasteiger partial charge in [-0.2, -0.15) is 13.2 Å². The summed E-state index contributed by atoms with van der Waals surface area (Å²) in [4.78, 5) is 20.4. The van der Waals surface area contributed by atoms with E-state index in [1.165, 1.54) is 47.9 Å². The van der Waals surface area contributed by atoms with Gasteiger partial charge in [0.15, 0.2) is 11.0 Å². The van der Waals surface area contributed by atoms with E-state index in [1.807, 2.05) is 0 Å². The number of carbonyl (C=O) groups excluding carboxylic acids is 1. The highest BCUT2D eigenvalue weighted by Crippen LogP contribution is 2.29. The Bertz CT molecular complexity index is 1390. The summed E-state index contributed by atoms with van der Waals surface area (Å²) in [5, 5.41) is 3.19.